The fourth-order valence-corrected chi connectivity index (χ4v) is 2.98. The van der Waals surface area contributed by atoms with E-state index in [0.717, 1.165) is 0 Å². The number of aliphatic carboxylic acids is 1. The number of carbonyl (C=O) groups excluding carboxylic acids is 1. The third kappa shape index (κ3) is 4.33. The van der Waals surface area contributed by atoms with Crippen molar-refractivity contribution in [1.82, 2.24) is 4.90 Å². The summed E-state index contributed by atoms with van der Waals surface area (Å²) in [5.41, 5.74) is -0.272. The van der Waals surface area contributed by atoms with E-state index in [4.69, 9.17) is 14.6 Å². The van der Waals surface area contributed by atoms with E-state index in [-0.39, 0.29) is 49.4 Å². The first-order chi connectivity index (χ1) is 11.9. The number of carbonyl (C=O) groups is 2. The highest BCUT2D eigenvalue weighted by Gasteiger charge is 2.28. The van der Waals surface area contributed by atoms with Crippen molar-refractivity contribution < 1.29 is 29.1 Å². The van der Waals surface area contributed by atoms with Gasteiger partial charge in [0.2, 0.25) is 12.7 Å². The van der Waals surface area contributed by atoms with E-state index < -0.39 is 22.7 Å². The van der Waals surface area contributed by atoms with Crippen LogP contribution in [-0.4, -0.2) is 53.2 Å². The number of amides is 1. The highest BCUT2D eigenvalue weighted by molar-refractivity contribution is 5.95. The lowest BCUT2D eigenvalue weighted by molar-refractivity contribution is -0.384. The summed E-state index contributed by atoms with van der Waals surface area (Å²) in [7, 11) is 0. The molecule has 0 spiro atoms. The summed E-state index contributed by atoms with van der Waals surface area (Å²) in [5, 5.41) is 22.8. The van der Waals surface area contributed by atoms with Crippen molar-refractivity contribution in [2.24, 2.45) is 5.92 Å². The summed E-state index contributed by atoms with van der Waals surface area (Å²) in [6.45, 7) is 0.829. The quantitative estimate of drug-likeness (QED) is 0.573. The maximum Gasteiger partial charge on any atom is 0.307 e. The van der Waals surface area contributed by atoms with Crippen LogP contribution in [0.2, 0.25) is 0 Å². The summed E-state index contributed by atoms with van der Waals surface area (Å²) in [6, 6.07) is 2.56. The molecule has 0 saturated carbocycles. The van der Waals surface area contributed by atoms with Crippen molar-refractivity contribution in [3.63, 3.8) is 0 Å². The van der Waals surface area contributed by atoms with Crippen LogP contribution >= 0.6 is 12.4 Å². The number of nitrogens with zero attached hydrogens (tertiary/aromatic N) is 2. The molecule has 26 heavy (non-hydrogen) atoms. The highest BCUT2D eigenvalue weighted by Crippen LogP contribution is 2.40. The first kappa shape index (κ1) is 19.7. The number of carboxylic acid groups (broad SMARTS) is 1. The molecule has 1 aromatic carbocycles. The number of rotatable bonds is 5. The monoisotopic (exact) mass is 387 g/mol. The fourth-order valence-electron chi connectivity index (χ4n) is 2.98. The maximum absolute atomic E-state index is 12.2. The van der Waals surface area contributed by atoms with Gasteiger partial charge in [0.1, 0.15) is 5.69 Å². The second-order valence-electron chi connectivity index (χ2n) is 5.94. The molecular weight excluding hydrogens is 370 g/mol. The molecule has 0 bridgehead atoms. The Morgan fingerprint density at radius 3 is 2.69 bits per heavy atom. The van der Waals surface area contributed by atoms with Gasteiger partial charge in [0.25, 0.3) is 5.69 Å². The fraction of sp³-hybridized carbons (Fsp3) is 0.467. The number of halogens is 1. The number of nitro groups is 1. The van der Waals surface area contributed by atoms with E-state index in [1.807, 2.05) is 0 Å². The van der Waals surface area contributed by atoms with E-state index in [1.54, 1.807) is 4.90 Å². The largest absolute Gasteiger partial charge is 0.481 e. The maximum atomic E-state index is 12.2. The number of piperidine rings is 1. The summed E-state index contributed by atoms with van der Waals surface area (Å²) < 4.78 is 10.3. The van der Waals surface area contributed by atoms with Crippen LogP contribution in [0.25, 0.3) is 0 Å². The molecule has 142 valence electrons. The van der Waals surface area contributed by atoms with Gasteiger partial charge in [-0.1, -0.05) is 0 Å². The van der Waals surface area contributed by atoms with Gasteiger partial charge >= 0.3 is 5.97 Å². The van der Waals surface area contributed by atoms with Crippen molar-refractivity contribution in [2.75, 3.05) is 31.7 Å². The van der Waals surface area contributed by atoms with E-state index >= 15 is 0 Å². The average molecular weight is 388 g/mol. The van der Waals surface area contributed by atoms with Gasteiger partial charge in [-0.25, -0.2) is 0 Å². The highest BCUT2D eigenvalue weighted by atomic mass is 35.5. The lowest BCUT2D eigenvalue weighted by atomic mass is 9.98. The van der Waals surface area contributed by atoms with Gasteiger partial charge in [0.05, 0.1) is 23.5 Å². The number of nitro benzene ring substituents is 1. The van der Waals surface area contributed by atoms with Crippen molar-refractivity contribution >= 4 is 35.7 Å². The third-order valence-electron chi connectivity index (χ3n) is 4.18. The van der Waals surface area contributed by atoms with Crippen molar-refractivity contribution in [3.05, 3.63) is 22.2 Å². The number of benzene rings is 1. The van der Waals surface area contributed by atoms with Crippen molar-refractivity contribution in [3.8, 4) is 11.5 Å². The SMILES string of the molecule is Cl.O=C(CN1CCCC(C(=O)O)C1)Nc1cc2c(cc1[N+](=O)[O-])OCO2. The van der Waals surface area contributed by atoms with Crippen LogP contribution in [0.15, 0.2) is 12.1 Å². The van der Waals surface area contributed by atoms with E-state index in [9.17, 15) is 19.7 Å². The van der Waals surface area contributed by atoms with Gasteiger partial charge in [0.15, 0.2) is 11.5 Å². The number of ether oxygens (including phenoxy) is 2. The molecule has 1 amide bonds. The molecular formula is C15H18ClN3O7. The van der Waals surface area contributed by atoms with E-state index in [2.05, 4.69) is 5.32 Å². The van der Waals surface area contributed by atoms with Gasteiger partial charge < -0.3 is 19.9 Å². The molecule has 2 heterocycles. The first-order valence-electron chi connectivity index (χ1n) is 7.77. The van der Waals surface area contributed by atoms with Crippen LogP contribution < -0.4 is 14.8 Å². The molecule has 2 aliphatic heterocycles. The molecule has 0 radical (unpaired) electrons. The number of likely N-dealkylation sites (tertiary alicyclic amines) is 1. The molecule has 2 aliphatic rings. The van der Waals surface area contributed by atoms with Gasteiger partial charge in [-0.15, -0.1) is 12.4 Å². The molecule has 1 aromatic rings. The van der Waals surface area contributed by atoms with Crippen molar-refractivity contribution in [1.29, 1.82) is 0 Å². The zero-order valence-electron chi connectivity index (χ0n) is 13.7. The molecule has 1 saturated heterocycles. The molecule has 10 nitrogen and oxygen atoms in total. The number of hydrogen-bond acceptors (Lipinski definition) is 7. The molecule has 11 heteroatoms. The second-order valence-corrected chi connectivity index (χ2v) is 5.94. The number of fused-ring (bicyclic) bond motifs is 1. The predicted octanol–water partition coefficient (Wildman–Crippen LogP) is 1.48. The van der Waals surface area contributed by atoms with Crippen LogP contribution in [0.5, 0.6) is 11.5 Å². The summed E-state index contributed by atoms with van der Waals surface area (Å²) >= 11 is 0. The number of hydrogen-bond donors (Lipinski definition) is 2. The van der Waals surface area contributed by atoms with Crippen molar-refractivity contribution in [2.45, 2.75) is 12.8 Å². The number of anilines is 1. The van der Waals surface area contributed by atoms with Gasteiger partial charge in [-0.3, -0.25) is 24.6 Å². The lowest BCUT2D eigenvalue weighted by Gasteiger charge is -2.29. The molecule has 0 aromatic heterocycles. The second kappa shape index (κ2) is 8.19. The minimum atomic E-state index is -0.878. The molecule has 1 atom stereocenters. The minimum Gasteiger partial charge on any atom is -0.481 e. The summed E-state index contributed by atoms with van der Waals surface area (Å²) in [5.74, 6) is -1.25. The van der Waals surface area contributed by atoms with Crippen LogP contribution in [0.4, 0.5) is 11.4 Å². The Bertz CT molecular complexity index is 727. The topological polar surface area (TPSA) is 131 Å². The molecule has 1 unspecified atom stereocenters. The Kier molecular flexibility index (Phi) is 6.22. The smallest absolute Gasteiger partial charge is 0.307 e. The van der Waals surface area contributed by atoms with Crippen LogP contribution in [0.1, 0.15) is 12.8 Å². The molecule has 0 aliphatic carbocycles. The first-order valence-corrected chi connectivity index (χ1v) is 7.77. The Morgan fingerprint density at radius 2 is 2.04 bits per heavy atom. The van der Waals surface area contributed by atoms with Crippen LogP contribution in [0.3, 0.4) is 0 Å². The molecule has 3 rings (SSSR count). The van der Waals surface area contributed by atoms with E-state index in [1.165, 1.54) is 12.1 Å². The zero-order chi connectivity index (χ0) is 18.0. The number of nitrogens with one attached hydrogen (secondary N) is 1. The average Bonchev–Trinajstić information content (AvgIpc) is 3.01. The predicted molar refractivity (Wildman–Crippen MR) is 91.9 cm³/mol. The number of carboxylic acids is 1. The standard InChI is InChI=1S/C15H17N3O7.ClH/c19-14(7-17-3-1-2-9(6-17)15(20)21)16-10-4-12-13(25-8-24-12)5-11(10)18(22)23;/h4-5,9H,1-3,6-8H2,(H,16,19)(H,20,21);1H. The van der Waals surface area contributed by atoms with Gasteiger partial charge in [-0.2, -0.15) is 0 Å². The summed E-state index contributed by atoms with van der Waals surface area (Å²) in [6.07, 6.45) is 1.27. The zero-order valence-corrected chi connectivity index (χ0v) is 14.5. The Hall–Kier alpha value is -2.59. The van der Waals surface area contributed by atoms with E-state index in [0.29, 0.717) is 25.1 Å². The molecule has 2 N–H and O–H groups in total. The van der Waals surface area contributed by atoms with Crippen LogP contribution in [-0.2, 0) is 9.59 Å². The third-order valence-corrected chi connectivity index (χ3v) is 4.18. The van der Waals surface area contributed by atoms with Gasteiger partial charge in [0, 0.05) is 12.6 Å². The van der Waals surface area contributed by atoms with Gasteiger partial charge in [-0.05, 0) is 19.4 Å². The summed E-state index contributed by atoms with van der Waals surface area (Å²) in [4.78, 5) is 35.6. The molecule has 1 fully saturated rings. The Labute approximate surface area is 154 Å². The normalized spacial score (nSPS) is 18.7. The lowest BCUT2D eigenvalue weighted by Crippen LogP contribution is -2.42. The Balaban J connectivity index is 0.00000243. The minimum absolute atomic E-state index is 0. The van der Waals surface area contributed by atoms with Crippen LogP contribution in [0, 0.1) is 16.0 Å². The Morgan fingerprint density at radius 1 is 1.35 bits per heavy atom.